The minimum atomic E-state index is 0.334. The van der Waals surface area contributed by atoms with Crippen LogP contribution in [0.5, 0.6) is 0 Å². The minimum Gasteiger partial charge on any atom is -0.312 e. The van der Waals surface area contributed by atoms with Crippen LogP contribution < -0.4 is 5.32 Å². The van der Waals surface area contributed by atoms with Crippen molar-refractivity contribution in [2.45, 2.75) is 32.2 Å². The molecule has 2 rings (SSSR count). The van der Waals surface area contributed by atoms with E-state index in [9.17, 15) is 0 Å². The van der Waals surface area contributed by atoms with Gasteiger partial charge in [-0.2, -0.15) is 0 Å². The molecule has 0 atom stereocenters. The zero-order valence-electron chi connectivity index (χ0n) is 9.88. The van der Waals surface area contributed by atoms with Crippen LogP contribution in [-0.4, -0.2) is 17.4 Å². The molecule has 2 nitrogen and oxygen atoms in total. The lowest BCUT2D eigenvalue weighted by Crippen LogP contribution is -2.33. The Balaban J connectivity index is 1.82. The van der Waals surface area contributed by atoms with Crippen LogP contribution in [-0.2, 0) is 6.54 Å². The Morgan fingerprint density at radius 3 is 2.76 bits per heavy atom. The highest BCUT2D eigenvalue weighted by atomic mass is 79.9. The van der Waals surface area contributed by atoms with Crippen LogP contribution in [0.25, 0.3) is 0 Å². The third-order valence-electron chi connectivity index (χ3n) is 3.54. The minimum absolute atomic E-state index is 0.334. The van der Waals surface area contributed by atoms with Crippen molar-refractivity contribution in [3.63, 3.8) is 0 Å². The van der Waals surface area contributed by atoms with Gasteiger partial charge in [-0.3, -0.25) is 4.98 Å². The van der Waals surface area contributed by atoms with E-state index in [2.05, 4.69) is 32.3 Å². The second-order valence-corrected chi connectivity index (χ2v) is 6.14. The smallest absolute Gasteiger partial charge is 0.0410 e. The number of nitrogens with one attached hydrogen (secondary N) is 1. The molecule has 1 heterocycles. The van der Waals surface area contributed by atoms with E-state index in [0.29, 0.717) is 5.41 Å². The topological polar surface area (TPSA) is 24.9 Å². The van der Waals surface area contributed by atoms with Crippen molar-refractivity contribution in [3.8, 4) is 0 Å². The summed E-state index contributed by atoms with van der Waals surface area (Å²) in [5, 5.41) is 3.52. The van der Waals surface area contributed by atoms with E-state index >= 15 is 0 Å². The zero-order valence-corrected chi connectivity index (χ0v) is 12.2. The third-order valence-corrected chi connectivity index (χ3v) is 4.54. The number of halogens is 2. The van der Waals surface area contributed by atoms with Crippen molar-refractivity contribution >= 4 is 27.5 Å². The van der Waals surface area contributed by atoms with E-state index < -0.39 is 0 Å². The van der Waals surface area contributed by atoms with Crippen LogP contribution in [0.2, 0.25) is 0 Å². The largest absolute Gasteiger partial charge is 0.312 e. The third kappa shape index (κ3) is 3.67. The van der Waals surface area contributed by atoms with Crippen molar-refractivity contribution in [2.24, 2.45) is 5.41 Å². The molecule has 1 aromatic heterocycles. The summed E-state index contributed by atoms with van der Waals surface area (Å²) in [4.78, 5) is 4.16. The second-order valence-electron chi connectivity index (χ2n) is 4.96. The van der Waals surface area contributed by atoms with E-state index in [0.717, 1.165) is 23.4 Å². The van der Waals surface area contributed by atoms with Crippen LogP contribution in [0.4, 0.5) is 0 Å². The van der Waals surface area contributed by atoms with Crippen molar-refractivity contribution in [3.05, 3.63) is 28.5 Å². The molecule has 0 bridgehead atoms. The van der Waals surface area contributed by atoms with Crippen molar-refractivity contribution in [1.82, 2.24) is 10.3 Å². The van der Waals surface area contributed by atoms with Crippen LogP contribution in [0.15, 0.2) is 22.9 Å². The summed E-state index contributed by atoms with van der Waals surface area (Å²) in [6, 6.07) is 2.10. The van der Waals surface area contributed by atoms with Crippen molar-refractivity contribution in [1.29, 1.82) is 0 Å². The molecule has 0 unspecified atom stereocenters. The summed E-state index contributed by atoms with van der Waals surface area (Å²) >= 11 is 9.54. The molecular weight excluding hydrogens is 300 g/mol. The number of aromatic nitrogens is 1. The lowest BCUT2D eigenvalue weighted by molar-refractivity contribution is 0.320. The highest BCUT2D eigenvalue weighted by Gasteiger charge is 2.32. The first-order valence-electron chi connectivity index (χ1n) is 6.10. The predicted molar refractivity (Wildman–Crippen MR) is 75.3 cm³/mol. The normalized spacial score (nSPS) is 18.5. The first-order chi connectivity index (χ1) is 8.24. The highest BCUT2D eigenvalue weighted by molar-refractivity contribution is 9.10. The molecular formula is C13H18BrClN2. The van der Waals surface area contributed by atoms with Crippen molar-refractivity contribution < 1.29 is 0 Å². The lowest BCUT2D eigenvalue weighted by Gasteiger charge is -2.26. The van der Waals surface area contributed by atoms with Gasteiger partial charge in [0.1, 0.15) is 0 Å². The maximum absolute atomic E-state index is 6.11. The van der Waals surface area contributed by atoms with E-state index in [1.807, 2.05) is 6.20 Å². The molecule has 1 aliphatic carbocycles. The molecule has 0 amide bonds. The lowest BCUT2D eigenvalue weighted by atomic mass is 9.88. The van der Waals surface area contributed by atoms with Gasteiger partial charge in [0, 0.05) is 35.8 Å². The Morgan fingerprint density at radius 1 is 1.35 bits per heavy atom. The first-order valence-corrected chi connectivity index (χ1v) is 7.43. The fourth-order valence-corrected chi connectivity index (χ4v) is 3.28. The number of alkyl halides is 1. The molecule has 1 aliphatic rings. The predicted octanol–water partition coefficient (Wildman–Crippen LogP) is 3.73. The number of rotatable bonds is 5. The van der Waals surface area contributed by atoms with Gasteiger partial charge in [0.2, 0.25) is 0 Å². The molecule has 1 aromatic rings. The summed E-state index contributed by atoms with van der Waals surface area (Å²) in [5.74, 6) is 0.775. The van der Waals surface area contributed by atoms with Gasteiger partial charge in [-0.05, 0) is 45.8 Å². The second kappa shape index (κ2) is 6.17. The monoisotopic (exact) mass is 316 g/mol. The SMILES string of the molecule is ClCC1(CNCc2cncc(Br)c2)CCCC1. The van der Waals surface area contributed by atoms with E-state index in [1.165, 1.54) is 31.2 Å². The molecule has 17 heavy (non-hydrogen) atoms. The molecule has 0 radical (unpaired) electrons. The average Bonchev–Trinajstić information content (AvgIpc) is 2.79. The summed E-state index contributed by atoms with van der Waals surface area (Å²) in [5.41, 5.74) is 1.54. The van der Waals surface area contributed by atoms with Crippen LogP contribution in [0, 0.1) is 5.41 Å². The Kier molecular flexibility index (Phi) is 4.83. The maximum atomic E-state index is 6.11. The van der Waals surface area contributed by atoms with Crippen LogP contribution in [0.1, 0.15) is 31.2 Å². The maximum Gasteiger partial charge on any atom is 0.0410 e. The standard InChI is InChI=1S/C13H18BrClN2/c14-12-5-11(6-16-8-12)7-17-10-13(9-15)3-1-2-4-13/h5-6,8,17H,1-4,7,9-10H2. The molecule has 94 valence electrons. The Morgan fingerprint density at radius 2 is 2.12 bits per heavy atom. The van der Waals surface area contributed by atoms with Crippen molar-refractivity contribution in [2.75, 3.05) is 12.4 Å². The van der Waals surface area contributed by atoms with Gasteiger partial charge in [0.05, 0.1) is 0 Å². The average molecular weight is 318 g/mol. The fraction of sp³-hybridized carbons (Fsp3) is 0.615. The molecule has 1 fully saturated rings. The molecule has 4 heteroatoms. The number of pyridine rings is 1. The van der Waals surface area contributed by atoms with Gasteiger partial charge < -0.3 is 5.32 Å². The molecule has 0 aromatic carbocycles. The van der Waals surface area contributed by atoms with Gasteiger partial charge >= 0.3 is 0 Å². The van der Waals surface area contributed by atoms with Gasteiger partial charge in [-0.1, -0.05) is 12.8 Å². The van der Waals surface area contributed by atoms with Crippen LogP contribution >= 0.6 is 27.5 Å². The first kappa shape index (κ1) is 13.3. The van der Waals surface area contributed by atoms with Gasteiger partial charge in [0.15, 0.2) is 0 Å². The van der Waals surface area contributed by atoms with Crippen LogP contribution in [0.3, 0.4) is 0 Å². The van der Waals surface area contributed by atoms with Gasteiger partial charge in [0.25, 0.3) is 0 Å². The van der Waals surface area contributed by atoms with Gasteiger partial charge in [-0.25, -0.2) is 0 Å². The highest BCUT2D eigenvalue weighted by Crippen LogP contribution is 2.38. The molecule has 0 spiro atoms. The Bertz CT molecular complexity index is 364. The molecule has 1 N–H and O–H groups in total. The number of nitrogens with zero attached hydrogens (tertiary/aromatic N) is 1. The van der Waals surface area contributed by atoms with E-state index in [-0.39, 0.29) is 0 Å². The number of hydrogen-bond acceptors (Lipinski definition) is 2. The molecule has 1 saturated carbocycles. The Labute approximate surface area is 116 Å². The number of hydrogen-bond donors (Lipinski definition) is 1. The summed E-state index contributed by atoms with van der Waals surface area (Å²) < 4.78 is 1.03. The van der Waals surface area contributed by atoms with E-state index in [4.69, 9.17) is 11.6 Å². The van der Waals surface area contributed by atoms with E-state index in [1.54, 1.807) is 6.20 Å². The summed E-state index contributed by atoms with van der Waals surface area (Å²) in [6.45, 7) is 1.88. The summed E-state index contributed by atoms with van der Waals surface area (Å²) in [6.07, 6.45) is 8.89. The Hall–Kier alpha value is -0.120. The zero-order chi connectivity index (χ0) is 12.1. The molecule has 0 aliphatic heterocycles. The van der Waals surface area contributed by atoms with Gasteiger partial charge in [-0.15, -0.1) is 11.6 Å². The quantitative estimate of drug-likeness (QED) is 0.837. The molecule has 0 saturated heterocycles. The fourth-order valence-electron chi connectivity index (χ4n) is 2.51. The summed E-state index contributed by atoms with van der Waals surface area (Å²) in [7, 11) is 0.